The number of aliphatic hydroxyl groups excluding tert-OH is 1. The first-order valence-electron chi connectivity index (χ1n) is 6.42. The van der Waals surface area contributed by atoms with Crippen LogP contribution in [0.1, 0.15) is 36.4 Å². The summed E-state index contributed by atoms with van der Waals surface area (Å²) >= 11 is 1.60. The maximum Gasteiger partial charge on any atom is 0.193 e. The second kappa shape index (κ2) is 4.18. The van der Waals surface area contributed by atoms with Crippen LogP contribution >= 0.6 is 11.3 Å². The Hall–Kier alpha value is -1.66. The molecule has 5 nitrogen and oxygen atoms in total. The minimum absolute atomic E-state index is 0.535. The van der Waals surface area contributed by atoms with Crippen molar-refractivity contribution in [3.05, 3.63) is 41.7 Å². The van der Waals surface area contributed by atoms with Gasteiger partial charge < -0.3 is 9.67 Å². The van der Waals surface area contributed by atoms with Gasteiger partial charge in [-0.1, -0.05) is 0 Å². The lowest BCUT2D eigenvalue weighted by molar-refractivity contribution is 0.167. The molecule has 1 saturated carbocycles. The molecule has 1 atom stereocenters. The van der Waals surface area contributed by atoms with E-state index < -0.39 is 6.10 Å². The molecule has 0 amide bonds. The number of hydrogen-bond donors (Lipinski definition) is 1. The predicted octanol–water partition coefficient (Wildman–Crippen LogP) is 2.20. The lowest BCUT2D eigenvalue weighted by atomic mass is 10.1. The summed E-state index contributed by atoms with van der Waals surface area (Å²) in [7, 11) is 0. The van der Waals surface area contributed by atoms with Crippen LogP contribution in [0.25, 0.3) is 4.96 Å². The van der Waals surface area contributed by atoms with Crippen LogP contribution in [0, 0.1) is 0 Å². The fourth-order valence-corrected chi connectivity index (χ4v) is 3.13. The predicted molar refractivity (Wildman–Crippen MR) is 72.2 cm³/mol. The van der Waals surface area contributed by atoms with E-state index in [4.69, 9.17) is 0 Å². The minimum atomic E-state index is -0.535. The normalized spacial score (nSPS) is 17.1. The van der Waals surface area contributed by atoms with E-state index in [2.05, 4.69) is 14.5 Å². The lowest BCUT2D eigenvalue weighted by Crippen LogP contribution is -2.08. The molecule has 0 spiro atoms. The summed E-state index contributed by atoms with van der Waals surface area (Å²) in [4.78, 5) is 9.63. The highest BCUT2D eigenvalue weighted by molar-refractivity contribution is 7.15. The Balaban J connectivity index is 1.58. The van der Waals surface area contributed by atoms with Gasteiger partial charge in [0, 0.05) is 30.2 Å². The Morgan fingerprint density at radius 2 is 2.37 bits per heavy atom. The molecule has 3 aromatic rings. The van der Waals surface area contributed by atoms with Crippen molar-refractivity contribution in [3.63, 3.8) is 0 Å². The van der Waals surface area contributed by atoms with E-state index in [-0.39, 0.29) is 0 Å². The number of aliphatic hydroxyl groups is 1. The van der Waals surface area contributed by atoms with Gasteiger partial charge in [-0.05, 0) is 12.8 Å². The van der Waals surface area contributed by atoms with Crippen molar-refractivity contribution in [2.24, 2.45) is 0 Å². The van der Waals surface area contributed by atoms with Gasteiger partial charge in [-0.3, -0.25) is 4.40 Å². The van der Waals surface area contributed by atoms with Gasteiger partial charge in [0.05, 0.1) is 23.9 Å². The van der Waals surface area contributed by atoms with Crippen LogP contribution in [0.2, 0.25) is 0 Å². The molecule has 0 radical (unpaired) electrons. The molecule has 19 heavy (non-hydrogen) atoms. The summed E-state index contributed by atoms with van der Waals surface area (Å²) in [5, 5.41) is 12.4. The zero-order valence-corrected chi connectivity index (χ0v) is 11.1. The number of thiazole rings is 1. The van der Waals surface area contributed by atoms with Crippen LogP contribution in [0.15, 0.2) is 30.3 Å². The highest BCUT2D eigenvalue weighted by Crippen LogP contribution is 2.37. The topological polar surface area (TPSA) is 55.4 Å². The summed E-state index contributed by atoms with van der Waals surface area (Å²) in [6.45, 7) is 0. The zero-order chi connectivity index (χ0) is 12.8. The van der Waals surface area contributed by atoms with Crippen LogP contribution in [0.3, 0.4) is 0 Å². The van der Waals surface area contributed by atoms with E-state index >= 15 is 0 Å². The van der Waals surface area contributed by atoms with Crippen LogP contribution < -0.4 is 0 Å². The monoisotopic (exact) mass is 274 g/mol. The Kier molecular flexibility index (Phi) is 2.46. The number of aromatic nitrogens is 4. The largest absolute Gasteiger partial charge is 0.386 e. The molecule has 4 rings (SSSR count). The van der Waals surface area contributed by atoms with Crippen molar-refractivity contribution in [1.82, 2.24) is 18.9 Å². The molecule has 98 valence electrons. The minimum Gasteiger partial charge on any atom is -0.386 e. The van der Waals surface area contributed by atoms with Crippen molar-refractivity contribution < 1.29 is 5.11 Å². The van der Waals surface area contributed by atoms with Gasteiger partial charge >= 0.3 is 0 Å². The molecule has 3 heterocycles. The smallest absolute Gasteiger partial charge is 0.193 e. The van der Waals surface area contributed by atoms with E-state index in [1.54, 1.807) is 17.5 Å². The van der Waals surface area contributed by atoms with E-state index in [0.29, 0.717) is 12.5 Å². The molecular formula is C13H14N4OS. The van der Waals surface area contributed by atoms with Gasteiger partial charge in [-0.2, -0.15) is 0 Å². The summed E-state index contributed by atoms with van der Waals surface area (Å²) in [6, 6.07) is 0.539. The molecular weight excluding hydrogens is 260 g/mol. The molecule has 1 aliphatic rings. The SMILES string of the molecule is OC(Cc1cn2ccsc2n1)c1cncn1C1CC1. The maximum atomic E-state index is 10.4. The van der Waals surface area contributed by atoms with E-state index in [9.17, 15) is 5.11 Å². The third kappa shape index (κ3) is 1.97. The van der Waals surface area contributed by atoms with Gasteiger partial charge in [0.2, 0.25) is 0 Å². The Bertz CT molecular complexity index is 680. The quantitative estimate of drug-likeness (QED) is 0.793. The Morgan fingerprint density at radius 1 is 1.47 bits per heavy atom. The molecule has 0 saturated heterocycles. The summed E-state index contributed by atoms with van der Waals surface area (Å²) < 4.78 is 4.09. The molecule has 1 fully saturated rings. The van der Waals surface area contributed by atoms with Gasteiger partial charge in [0.15, 0.2) is 4.96 Å². The third-order valence-corrected chi connectivity index (χ3v) is 4.29. The van der Waals surface area contributed by atoms with Crippen molar-refractivity contribution in [1.29, 1.82) is 0 Å². The first-order chi connectivity index (χ1) is 9.31. The van der Waals surface area contributed by atoms with Crippen molar-refractivity contribution in [2.75, 3.05) is 0 Å². The number of fused-ring (bicyclic) bond motifs is 1. The number of hydrogen-bond acceptors (Lipinski definition) is 4. The summed E-state index contributed by atoms with van der Waals surface area (Å²) in [5.74, 6) is 0. The van der Waals surface area contributed by atoms with E-state index in [1.165, 1.54) is 12.8 Å². The molecule has 0 bridgehead atoms. The standard InChI is InChI=1S/C13H14N4OS/c18-12(11-6-14-8-17(11)10-1-2-10)5-9-7-16-3-4-19-13(16)15-9/h3-4,6-8,10,12,18H,1-2,5H2. The average Bonchev–Trinajstić information content (AvgIpc) is 2.82. The van der Waals surface area contributed by atoms with Gasteiger partial charge in [-0.15, -0.1) is 11.3 Å². The van der Waals surface area contributed by atoms with Crippen molar-refractivity contribution in [2.45, 2.75) is 31.4 Å². The average molecular weight is 274 g/mol. The second-order valence-corrected chi connectivity index (χ2v) is 5.87. The van der Waals surface area contributed by atoms with Crippen LogP contribution in [0.4, 0.5) is 0 Å². The van der Waals surface area contributed by atoms with Gasteiger partial charge in [0.1, 0.15) is 6.10 Å². The molecule has 1 unspecified atom stereocenters. The fourth-order valence-electron chi connectivity index (χ4n) is 2.41. The van der Waals surface area contributed by atoms with Crippen LogP contribution in [-0.2, 0) is 6.42 Å². The van der Waals surface area contributed by atoms with Crippen LogP contribution in [-0.4, -0.2) is 24.0 Å². The second-order valence-electron chi connectivity index (χ2n) is 5.00. The zero-order valence-electron chi connectivity index (χ0n) is 10.3. The first kappa shape index (κ1) is 11.2. The van der Waals surface area contributed by atoms with E-state index in [1.807, 2.05) is 28.5 Å². The van der Waals surface area contributed by atoms with Crippen molar-refractivity contribution >= 4 is 16.3 Å². The fraction of sp³-hybridized carbons (Fsp3) is 0.385. The lowest BCUT2D eigenvalue weighted by Gasteiger charge is -2.12. The van der Waals surface area contributed by atoms with Gasteiger partial charge in [0.25, 0.3) is 0 Å². The van der Waals surface area contributed by atoms with Crippen LogP contribution in [0.5, 0.6) is 0 Å². The maximum absolute atomic E-state index is 10.4. The molecule has 3 aromatic heterocycles. The molecule has 1 N–H and O–H groups in total. The third-order valence-electron chi connectivity index (χ3n) is 3.52. The molecule has 1 aliphatic carbocycles. The molecule has 0 aromatic carbocycles. The summed E-state index contributed by atoms with van der Waals surface area (Å²) in [5.41, 5.74) is 1.82. The number of imidazole rings is 2. The number of rotatable bonds is 4. The van der Waals surface area contributed by atoms with Gasteiger partial charge in [-0.25, -0.2) is 9.97 Å². The van der Waals surface area contributed by atoms with Crippen molar-refractivity contribution in [3.8, 4) is 0 Å². The highest BCUT2D eigenvalue weighted by atomic mass is 32.1. The molecule has 0 aliphatic heterocycles. The van der Waals surface area contributed by atoms with E-state index in [0.717, 1.165) is 16.3 Å². The Labute approximate surface area is 114 Å². The molecule has 6 heteroatoms. The summed E-state index contributed by atoms with van der Waals surface area (Å²) in [6.07, 6.45) is 9.93. The first-order valence-corrected chi connectivity index (χ1v) is 7.30. The highest BCUT2D eigenvalue weighted by Gasteiger charge is 2.27. The number of nitrogens with zero attached hydrogens (tertiary/aromatic N) is 4. The Morgan fingerprint density at radius 3 is 3.16 bits per heavy atom.